The Bertz CT molecular complexity index is 2550. The van der Waals surface area contributed by atoms with Crippen molar-refractivity contribution in [2.24, 2.45) is 17.8 Å². The molecule has 2 bridgehead atoms. The lowest BCUT2D eigenvalue weighted by atomic mass is 9.92. The van der Waals surface area contributed by atoms with Crippen molar-refractivity contribution in [3.63, 3.8) is 0 Å². The quantitative estimate of drug-likeness (QED) is 0.110. The van der Waals surface area contributed by atoms with Crippen LogP contribution in [0.5, 0.6) is 5.75 Å². The van der Waals surface area contributed by atoms with Crippen LogP contribution in [0.15, 0.2) is 60.8 Å². The number of nitrogens with zero attached hydrogens (tertiary/aromatic N) is 4. The van der Waals surface area contributed by atoms with Crippen LogP contribution >= 0.6 is 0 Å². The van der Waals surface area contributed by atoms with E-state index in [1.54, 1.807) is 0 Å². The third-order valence-electron chi connectivity index (χ3n) is 13.3. The first kappa shape index (κ1) is 41.0. The molecule has 1 unspecified atom stereocenters. The summed E-state index contributed by atoms with van der Waals surface area (Å²) >= 11 is 0. The number of methoxy groups -OCH3 is 2. The van der Waals surface area contributed by atoms with Crippen molar-refractivity contribution in [3.8, 4) is 39.3 Å². The zero-order valence-corrected chi connectivity index (χ0v) is 36.0. The zero-order valence-electron chi connectivity index (χ0n) is 36.0. The largest absolute Gasteiger partial charge is 0.488 e. The fraction of sp³-hybridized carbons (Fsp3) is 0.447. The van der Waals surface area contributed by atoms with E-state index in [-0.39, 0.29) is 41.8 Å². The lowest BCUT2D eigenvalue weighted by Gasteiger charge is -2.37. The van der Waals surface area contributed by atoms with E-state index in [1.807, 2.05) is 49.8 Å². The van der Waals surface area contributed by atoms with Crippen LogP contribution in [0.3, 0.4) is 0 Å². The standard InChI is InChI=1S/C47H54N8O7/c1-24(2)39(52-46(58)60-5)44(56)54-17-7-8-37(54)42-48-22-36(51-42)28-11-14-32-30(18-28)23-62-38-21-27(10-15-33(32)38)26-12-16-34-35(20-26)50-43(49-34)41-29-9-13-31(19-29)55(41)45(57)40(25(3)4)53-47(59)61-6/h10-12,14-16,18,20-22,24-25,29,31,37,39-41H,7-9,13,17,19,23H2,1-6H3,(H,48,51)(H,49,50)(H,52,58)(H,53,59)/t29?,31-,37+,39+,40+,41+/m1/s1. The number of likely N-dealkylation sites (tertiary alicyclic amines) is 2. The summed E-state index contributed by atoms with van der Waals surface area (Å²) in [6.45, 7) is 8.66. The van der Waals surface area contributed by atoms with Gasteiger partial charge in [-0.2, -0.15) is 0 Å². The van der Waals surface area contributed by atoms with E-state index in [2.05, 4.69) is 69.1 Å². The number of aromatic amines is 2. The summed E-state index contributed by atoms with van der Waals surface area (Å²) in [5.41, 5.74) is 8.75. The first-order chi connectivity index (χ1) is 29.9. The van der Waals surface area contributed by atoms with E-state index in [0.29, 0.717) is 19.1 Å². The highest BCUT2D eigenvalue weighted by molar-refractivity contribution is 5.89. The molecule has 324 valence electrons. The molecule has 15 nitrogen and oxygen atoms in total. The molecule has 1 aliphatic carbocycles. The number of carbonyl (C=O) groups is 4. The van der Waals surface area contributed by atoms with E-state index in [4.69, 9.17) is 24.2 Å². The molecule has 5 aromatic rings. The van der Waals surface area contributed by atoms with Gasteiger partial charge in [-0.25, -0.2) is 19.6 Å². The molecule has 4 aliphatic rings. The highest BCUT2D eigenvalue weighted by atomic mass is 16.5. The molecule has 4 N–H and O–H groups in total. The number of ether oxygens (including phenoxy) is 3. The first-order valence-corrected chi connectivity index (χ1v) is 21.7. The van der Waals surface area contributed by atoms with Crippen LogP contribution in [0.2, 0.25) is 0 Å². The number of hydrogen-bond donors (Lipinski definition) is 4. The molecule has 62 heavy (non-hydrogen) atoms. The van der Waals surface area contributed by atoms with E-state index in [0.717, 1.165) is 99.6 Å². The number of imidazole rings is 2. The lowest BCUT2D eigenvalue weighted by molar-refractivity contribution is -0.139. The van der Waals surface area contributed by atoms with Gasteiger partial charge in [0.1, 0.15) is 36.1 Å². The van der Waals surface area contributed by atoms with Crippen molar-refractivity contribution in [2.75, 3.05) is 20.8 Å². The summed E-state index contributed by atoms with van der Waals surface area (Å²) in [6, 6.07) is 17.1. The molecule has 0 spiro atoms. The second kappa shape index (κ2) is 16.5. The maximum atomic E-state index is 14.1. The van der Waals surface area contributed by atoms with Gasteiger partial charge in [0.25, 0.3) is 0 Å². The van der Waals surface area contributed by atoms with Crippen molar-refractivity contribution in [1.29, 1.82) is 0 Å². The predicted octanol–water partition coefficient (Wildman–Crippen LogP) is 7.66. The molecule has 1 saturated carbocycles. The van der Waals surface area contributed by atoms with Gasteiger partial charge in [-0.15, -0.1) is 0 Å². The number of piperidine rings is 1. The van der Waals surface area contributed by atoms with Crippen LogP contribution in [0.25, 0.3) is 44.5 Å². The average Bonchev–Trinajstić information content (AvgIpc) is 4.14. The highest BCUT2D eigenvalue weighted by Crippen LogP contribution is 2.50. The van der Waals surface area contributed by atoms with Crippen LogP contribution < -0.4 is 15.4 Å². The highest BCUT2D eigenvalue weighted by Gasteiger charge is 2.51. The molecular formula is C47H54N8O7. The Morgan fingerprint density at radius 3 is 2.23 bits per heavy atom. The molecule has 2 aromatic heterocycles. The molecule has 3 aliphatic heterocycles. The number of carbonyl (C=O) groups excluding carboxylic acids is 4. The third-order valence-corrected chi connectivity index (χ3v) is 13.3. The van der Waals surface area contributed by atoms with Gasteiger partial charge in [0.2, 0.25) is 11.8 Å². The number of H-pyrrole nitrogens is 2. The molecule has 3 fully saturated rings. The van der Waals surface area contributed by atoms with Crippen molar-refractivity contribution in [1.82, 2.24) is 40.4 Å². The molecule has 6 atom stereocenters. The summed E-state index contributed by atoms with van der Waals surface area (Å²) < 4.78 is 16.0. The third kappa shape index (κ3) is 7.40. The molecule has 5 heterocycles. The maximum absolute atomic E-state index is 14.1. The summed E-state index contributed by atoms with van der Waals surface area (Å²) in [5, 5.41) is 5.48. The smallest absolute Gasteiger partial charge is 0.407 e. The Morgan fingerprint density at radius 1 is 0.790 bits per heavy atom. The van der Waals surface area contributed by atoms with Crippen molar-refractivity contribution >= 4 is 35.0 Å². The van der Waals surface area contributed by atoms with Crippen LogP contribution in [0.4, 0.5) is 9.59 Å². The van der Waals surface area contributed by atoms with Crippen LogP contribution in [0.1, 0.15) is 89.1 Å². The van der Waals surface area contributed by atoms with E-state index >= 15 is 0 Å². The minimum absolute atomic E-state index is 0.0973. The molecule has 9 rings (SSSR count). The van der Waals surface area contributed by atoms with E-state index < -0.39 is 24.3 Å². The van der Waals surface area contributed by atoms with Gasteiger partial charge in [-0.3, -0.25) is 9.59 Å². The fourth-order valence-electron chi connectivity index (χ4n) is 10.1. The normalized spacial score (nSPS) is 21.1. The topological polar surface area (TPSA) is 184 Å². The molecule has 0 radical (unpaired) electrons. The SMILES string of the molecule is COC(=O)N[C@H](C(=O)N1CCC[C@H]1c1ncc(-c2ccc3c(c2)COc2cc(-c4ccc5nc([C@@H]6C7CC[C@H](C7)N6C(=O)[C@@H](NC(=O)OC)C(C)C)[nH]c5c4)ccc2-3)[nH]1)C(C)C. The Morgan fingerprint density at radius 2 is 1.48 bits per heavy atom. The number of benzene rings is 3. The van der Waals surface area contributed by atoms with Gasteiger partial charge >= 0.3 is 12.2 Å². The number of hydrogen-bond acceptors (Lipinski definition) is 9. The van der Waals surface area contributed by atoms with E-state index in [1.165, 1.54) is 14.2 Å². The second-order valence-electron chi connectivity index (χ2n) is 17.7. The molecule has 15 heteroatoms. The van der Waals surface area contributed by atoms with Gasteiger partial charge in [0.15, 0.2) is 0 Å². The Hall–Kier alpha value is -6.38. The molecular weight excluding hydrogens is 789 g/mol. The van der Waals surface area contributed by atoms with Crippen molar-refractivity contribution in [2.45, 2.75) is 96.6 Å². The minimum atomic E-state index is -0.697. The molecule has 3 aromatic carbocycles. The maximum Gasteiger partial charge on any atom is 0.407 e. The molecule has 4 amide bonds. The van der Waals surface area contributed by atoms with Gasteiger partial charge in [-0.1, -0.05) is 58.0 Å². The zero-order chi connectivity index (χ0) is 43.4. The second-order valence-corrected chi connectivity index (χ2v) is 17.7. The summed E-state index contributed by atoms with van der Waals surface area (Å²) in [5.74, 6) is 2.13. The van der Waals surface area contributed by atoms with Gasteiger partial charge in [0.05, 0.1) is 49.2 Å². The monoisotopic (exact) mass is 842 g/mol. The first-order valence-electron chi connectivity index (χ1n) is 21.7. The van der Waals surface area contributed by atoms with Crippen LogP contribution in [-0.4, -0.2) is 92.6 Å². The number of rotatable bonds is 10. The molecule has 2 saturated heterocycles. The van der Waals surface area contributed by atoms with Gasteiger partial charge in [0, 0.05) is 18.2 Å². The number of alkyl carbamates (subject to hydrolysis) is 2. The predicted molar refractivity (Wildman–Crippen MR) is 232 cm³/mol. The van der Waals surface area contributed by atoms with Crippen molar-refractivity contribution in [3.05, 3.63) is 78.0 Å². The lowest BCUT2D eigenvalue weighted by Crippen LogP contribution is -2.54. The minimum Gasteiger partial charge on any atom is -0.488 e. The number of amides is 4. The Labute approximate surface area is 360 Å². The van der Waals surface area contributed by atoms with Crippen LogP contribution in [0, 0.1) is 17.8 Å². The summed E-state index contributed by atoms with van der Waals surface area (Å²) in [6.07, 6.45) is 5.09. The number of nitrogens with one attached hydrogen (secondary N) is 4. The summed E-state index contributed by atoms with van der Waals surface area (Å²) in [7, 11) is 2.60. The van der Waals surface area contributed by atoms with Crippen molar-refractivity contribution < 1.29 is 33.4 Å². The number of aromatic nitrogens is 4. The van der Waals surface area contributed by atoms with Gasteiger partial charge in [-0.05, 0) is 102 Å². The average molecular weight is 843 g/mol. The van der Waals surface area contributed by atoms with Gasteiger partial charge < -0.3 is 44.6 Å². The summed E-state index contributed by atoms with van der Waals surface area (Å²) in [4.78, 5) is 72.5. The van der Waals surface area contributed by atoms with Crippen LogP contribution in [-0.2, 0) is 25.7 Å². The Kier molecular flexibility index (Phi) is 10.9. The number of fused-ring (bicyclic) bond motifs is 6. The Balaban J connectivity index is 0.920. The fourth-order valence-corrected chi connectivity index (χ4v) is 10.1. The van der Waals surface area contributed by atoms with E-state index in [9.17, 15) is 19.2 Å².